The lowest BCUT2D eigenvalue weighted by Crippen LogP contribution is -2.12. The summed E-state index contributed by atoms with van der Waals surface area (Å²) in [5, 5.41) is 5.22. The highest BCUT2D eigenvalue weighted by atomic mass is 79.9. The Kier molecular flexibility index (Phi) is 6.89. The highest BCUT2D eigenvalue weighted by molar-refractivity contribution is 9.10. The molecule has 8 heteroatoms. The average molecular weight is 529 g/mol. The molecule has 4 aromatic rings. The third kappa shape index (κ3) is 5.01. The van der Waals surface area contributed by atoms with Gasteiger partial charge in [-0.1, -0.05) is 45.7 Å². The molecule has 0 fully saturated rings. The number of Topliss-reactive ketones (excluding diaryl/α,β-unsaturated/α-hetero) is 1. The molecule has 0 amide bonds. The molecule has 1 aromatic heterocycles. The summed E-state index contributed by atoms with van der Waals surface area (Å²) < 4.78 is 10.8. The number of hydrogen-bond acceptors (Lipinski definition) is 4. The van der Waals surface area contributed by atoms with Crippen LogP contribution in [0.25, 0.3) is 5.69 Å². The van der Waals surface area contributed by atoms with Crippen LogP contribution < -0.4 is 4.74 Å². The summed E-state index contributed by atoms with van der Waals surface area (Å²) in [4.78, 5) is 12.8. The topological polar surface area (TPSA) is 49.0 Å². The van der Waals surface area contributed by atoms with Gasteiger partial charge in [-0.05, 0) is 79.3 Å². The lowest BCUT2D eigenvalue weighted by Gasteiger charge is -2.10. The lowest BCUT2D eigenvalue weighted by atomic mass is 10.1. The lowest BCUT2D eigenvalue weighted by molar-refractivity contribution is 0.0966. The van der Waals surface area contributed by atoms with E-state index in [-0.39, 0.29) is 18.9 Å². The minimum atomic E-state index is -0.104. The first-order chi connectivity index (χ1) is 15.4. The zero-order chi connectivity index (χ0) is 22.7. The molecule has 162 valence electrons. The molecule has 0 bridgehead atoms. The van der Waals surface area contributed by atoms with Crippen molar-refractivity contribution in [2.24, 2.45) is 0 Å². The van der Waals surface area contributed by atoms with Crippen LogP contribution in [0, 0.1) is 11.7 Å². The van der Waals surface area contributed by atoms with E-state index in [1.54, 1.807) is 28.9 Å². The minimum Gasteiger partial charge on any atom is -0.486 e. The molecular formula is C24H19BrClN3O2S. The van der Waals surface area contributed by atoms with E-state index in [2.05, 4.69) is 21.0 Å². The van der Waals surface area contributed by atoms with Crippen LogP contribution >= 0.6 is 39.7 Å². The van der Waals surface area contributed by atoms with E-state index in [0.29, 0.717) is 26.9 Å². The van der Waals surface area contributed by atoms with Gasteiger partial charge in [-0.3, -0.25) is 9.36 Å². The summed E-state index contributed by atoms with van der Waals surface area (Å²) in [6.07, 6.45) is 0. The zero-order valence-corrected chi connectivity index (χ0v) is 20.3. The zero-order valence-electron chi connectivity index (χ0n) is 17.2. The number of nitrogens with zero attached hydrogens (tertiary/aromatic N) is 3. The Morgan fingerprint density at radius 1 is 1.06 bits per heavy atom. The van der Waals surface area contributed by atoms with E-state index in [4.69, 9.17) is 28.6 Å². The van der Waals surface area contributed by atoms with Gasteiger partial charge in [-0.2, -0.15) is 5.10 Å². The van der Waals surface area contributed by atoms with E-state index in [9.17, 15) is 4.79 Å². The van der Waals surface area contributed by atoms with Gasteiger partial charge in [0.05, 0.1) is 5.69 Å². The summed E-state index contributed by atoms with van der Waals surface area (Å²) in [6.45, 7) is 2.22. The Labute approximate surface area is 204 Å². The first kappa shape index (κ1) is 22.5. The standard InChI is InChI=1S/C24H19BrClN3O2S/c1-16-4-2-3-5-21(16)29-23(15-31-20-12-8-18(25)9-13-20)27-28(24(29)32)14-22(30)17-6-10-19(26)11-7-17/h2-13H,14-15H2,1H3. The van der Waals surface area contributed by atoms with Crippen molar-refractivity contribution in [1.29, 1.82) is 0 Å². The predicted octanol–water partition coefficient (Wildman–Crippen LogP) is 6.59. The molecule has 3 aromatic carbocycles. The second-order valence-electron chi connectivity index (χ2n) is 7.15. The molecule has 4 rings (SSSR count). The number of aromatic nitrogens is 3. The van der Waals surface area contributed by atoms with Crippen molar-refractivity contribution in [3.8, 4) is 11.4 Å². The molecule has 0 aliphatic heterocycles. The number of para-hydroxylation sites is 1. The predicted molar refractivity (Wildman–Crippen MR) is 131 cm³/mol. The number of ketones is 1. The number of rotatable bonds is 7. The molecule has 0 saturated carbocycles. The van der Waals surface area contributed by atoms with E-state index in [1.807, 2.05) is 60.0 Å². The van der Waals surface area contributed by atoms with Crippen molar-refractivity contribution in [3.63, 3.8) is 0 Å². The van der Waals surface area contributed by atoms with Crippen molar-refractivity contribution in [3.05, 3.63) is 104 Å². The molecule has 1 heterocycles. The number of halogens is 2. The van der Waals surface area contributed by atoms with Crippen LogP contribution in [0.5, 0.6) is 5.75 Å². The van der Waals surface area contributed by atoms with E-state index < -0.39 is 0 Å². The van der Waals surface area contributed by atoms with Crippen LogP contribution in [0.3, 0.4) is 0 Å². The summed E-state index contributed by atoms with van der Waals surface area (Å²) in [7, 11) is 0. The first-order valence-electron chi connectivity index (χ1n) is 9.84. The Hall–Kier alpha value is -2.74. The number of benzene rings is 3. The quantitative estimate of drug-likeness (QED) is 0.201. The third-order valence-electron chi connectivity index (χ3n) is 4.90. The van der Waals surface area contributed by atoms with Gasteiger partial charge in [-0.15, -0.1) is 0 Å². The molecular weight excluding hydrogens is 510 g/mol. The van der Waals surface area contributed by atoms with Crippen molar-refractivity contribution >= 4 is 45.5 Å². The SMILES string of the molecule is Cc1ccccc1-n1c(COc2ccc(Br)cc2)nn(CC(=O)c2ccc(Cl)cc2)c1=S. The van der Waals surface area contributed by atoms with Crippen molar-refractivity contribution in [2.75, 3.05) is 0 Å². The van der Waals surface area contributed by atoms with Gasteiger partial charge < -0.3 is 4.74 Å². The number of hydrogen-bond donors (Lipinski definition) is 0. The van der Waals surface area contributed by atoms with Crippen LogP contribution in [0.15, 0.2) is 77.3 Å². The van der Waals surface area contributed by atoms with Crippen molar-refractivity contribution < 1.29 is 9.53 Å². The van der Waals surface area contributed by atoms with Gasteiger partial charge in [0.2, 0.25) is 4.77 Å². The Bertz CT molecular complexity index is 1310. The van der Waals surface area contributed by atoms with Gasteiger partial charge in [0.1, 0.15) is 18.9 Å². The van der Waals surface area contributed by atoms with E-state index in [1.165, 1.54) is 0 Å². The monoisotopic (exact) mass is 527 g/mol. The highest BCUT2D eigenvalue weighted by Gasteiger charge is 2.17. The van der Waals surface area contributed by atoms with Gasteiger partial charge in [0.15, 0.2) is 11.6 Å². The summed E-state index contributed by atoms with van der Waals surface area (Å²) in [5.74, 6) is 1.21. The average Bonchev–Trinajstić information content (AvgIpc) is 3.09. The van der Waals surface area contributed by atoms with Crippen molar-refractivity contribution in [1.82, 2.24) is 14.3 Å². The molecule has 0 N–H and O–H groups in total. The van der Waals surface area contributed by atoms with Gasteiger partial charge in [0, 0.05) is 15.1 Å². The molecule has 0 saturated heterocycles. The first-order valence-corrected chi connectivity index (χ1v) is 11.4. The molecule has 0 unspecified atom stereocenters. The molecule has 5 nitrogen and oxygen atoms in total. The number of carbonyl (C=O) groups is 1. The van der Waals surface area contributed by atoms with Gasteiger partial charge >= 0.3 is 0 Å². The Morgan fingerprint density at radius 3 is 2.44 bits per heavy atom. The smallest absolute Gasteiger partial charge is 0.203 e. The Morgan fingerprint density at radius 2 is 1.75 bits per heavy atom. The van der Waals surface area contributed by atoms with Gasteiger partial charge in [-0.25, -0.2) is 4.68 Å². The molecule has 0 aliphatic carbocycles. The maximum absolute atomic E-state index is 12.8. The van der Waals surface area contributed by atoms with E-state index >= 15 is 0 Å². The summed E-state index contributed by atoms with van der Waals surface area (Å²) in [6, 6.07) is 22.2. The summed E-state index contributed by atoms with van der Waals surface area (Å²) >= 11 is 15.1. The van der Waals surface area contributed by atoms with Crippen LogP contribution in [0.2, 0.25) is 5.02 Å². The molecule has 0 atom stereocenters. The molecule has 32 heavy (non-hydrogen) atoms. The molecule has 0 aliphatic rings. The number of aryl methyl sites for hydroxylation is 1. The normalized spacial score (nSPS) is 10.8. The number of ether oxygens (including phenoxy) is 1. The molecule has 0 radical (unpaired) electrons. The third-order valence-corrected chi connectivity index (χ3v) is 6.08. The highest BCUT2D eigenvalue weighted by Crippen LogP contribution is 2.21. The van der Waals surface area contributed by atoms with Crippen molar-refractivity contribution in [2.45, 2.75) is 20.1 Å². The largest absolute Gasteiger partial charge is 0.486 e. The fourth-order valence-electron chi connectivity index (χ4n) is 3.25. The van der Waals surface area contributed by atoms with E-state index in [0.717, 1.165) is 15.7 Å². The van der Waals surface area contributed by atoms with Crippen LogP contribution in [-0.4, -0.2) is 20.1 Å². The second kappa shape index (κ2) is 9.81. The van der Waals surface area contributed by atoms with Crippen LogP contribution in [0.1, 0.15) is 21.7 Å². The van der Waals surface area contributed by atoms with Crippen LogP contribution in [-0.2, 0) is 13.2 Å². The summed E-state index contributed by atoms with van der Waals surface area (Å²) in [5.41, 5.74) is 2.49. The molecule has 0 spiro atoms. The Balaban J connectivity index is 1.68. The number of carbonyl (C=O) groups excluding carboxylic acids is 1. The fourth-order valence-corrected chi connectivity index (χ4v) is 3.95. The second-order valence-corrected chi connectivity index (χ2v) is 8.87. The minimum absolute atomic E-state index is 0.0185. The maximum Gasteiger partial charge on any atom is 0.203 e. The fraction of sp³-hybridized carbons (Fsp3) is 0.125. The van der Waals surface area contributed by atoms with Gasteiger partial charge in [0.25, 0.3) is 0 Å². The van der Waals surface area contributed by atoms with Crippen LogP contribution in [0.4, 0.5) is 0 Å². The maximum atomic E-state index is 12.8.